The van der Waals surface area contributed by atoms with Crippen molar-refractivity contribution < 1.29 is 0 Å². The van der Waals surface area contributed by atoms with Crippen LogP contribution in [0, 0.1) is 0 Å². The van der Waals surface area contributed by atoms with Crippen LogP contribution in [0.5, 0.6) is 0 Å². The van der Waals surface area contributed by atoms with Crippen LogP contribution in [0.3, 0.4) is 0 Å². The fourth-order valence-corrected chi connectivity index (χ4v) is 9.45. The first-order valence-corrected chi connectivity index (χ1v) is 17.8. The van der Waals surface area contributed by atoms with Gasteiger partial charge in [0.1, 0.15) is 0 Å². The van der Waals surface area contributed by atoms with Gasteiger partial charge >= 0.3 is 0 Å². The monoisotopic (exact) mass is 666 g/mol. The van der Waals surface area contributed by atoms with Crippen molar-refractivity contribution in [2.45, 2.75) is 0 Å². The highest BCUT2D eigenvalue weighted by atomic mass is 35.5. The number of hydrogen-bond donors (Lipinski definition) is 0. The number of fused-ring (bicyclic) bond motifs is 10. The van der Waals surface area contributed by atoms with Gasteiger partial charge in [0.25, 0.3) is 0 Å². The van der Waals surface area contributed by atoms with E-state index in [1.165, 1.54) is 92.4 Å². The summed E-state index contributed by atoms with van der Waals surface area (Å²) in [7, 11) is 0. The molecule has 2 heterocycles. The SMILES string of the molecule is Clc1cc2ccc(-n3c4ccccc4c4ccc5ccccc5c43)c3ccc4c(-n5c6ccccc6c6ccc7ccccc7c65)ccc1c4c23. The molecule has 236 valence electrons. The third kappa shape index (κ3) is 3.52. The van der Waals surface area contributed by atoms with E-state index in [4.69, 9.17) is 11.6 Å². The minimum Gasteiger partial charge on any atom is -0.308 e. The summed E-state index contributed by atoms with van der Waals surface area (Å²) in [5.74, 6) is 0. The molecular formula is C48H27ClN2. The lowest BCUT2D eigenvalue weighted by Crippen LogP contribution is -1.99. The van der Waals surface area contributed by atoms with Crippen molar-refractivity contribution in [1.82, 2.24) is 9.13 Å². The molecule has 0 aliphatic rings. The molecule has 10 aromatic carbocycles. The third-order valence-corrected chi connectivity index (χ3v) is 11.6. The van der Waals surface area contributed by atoms with E-state index < -0.39 is 0 Å². The molecule has 12 rings (SSSR count). The van der Waals surface area contributed by atoms with Gasteiger partial charge in [-0.05, 0) is 51.9 Å². The van der Waals surface area contributed by atoms with Crippen molar-refractivity contribution >= 4 is 109 Å². The van der Waals surface area contributed by atoms with Gasteiger partial charge in [-0.25, -0.2) is 0 Å². The minimum absolute atomic E-state index is 0.773. The van der Waals surface area contributed by atoms with Crippen LogP contribution in [0.4, 0.5) is 0 Å². The van der Waals surface area contributed by atoms with Crippen LogP contribution >= 0.6 is 11.6 Å². The fraction of sp³-hybridized carbons (Fsp3) is 0. The lowest BCUT2D eigenvalue weighted by atomic mass is 9.92. The van der Waals surface area contributed by atoms with Crippen molar-refractivity contribution in [3.05, 3.63) is 169 Å². The minimum atomic E-state index is 0.773. The Kier molecular flexibility index (Phi) is 5.32. The normalized spacial score (nSPS) is 12.4. The maximum Gasteiger partial charge on any atom is 0.0619 e. The van der Waals surface area contributed by atoms with Gasteiger partial charge in [-0.1, -0.05) is 145 Å². The van der Waals surface area contributed by atoms with E-state index in [-0.39, 0.29) is 0 Å². The highest BCUT2D eigenvalue weighted by Crippen LogP contribution is 2.46. The second-order valence-electron chi connectivity index (χ2n) is 13.8. The predicted molar refractivity (Wildman–Crippen MR) is 219 cm³/mol. The number of aromatic nitrogens is 2. The van der Waals surface area contributed by atoms with Crippen LogP contribution in [-0.4, -0.2) is 9.13 Å². The molecule has 0 spiro atoms. The van der Waals surface area contributed by atoms with Gasteiger partial charge in [-0.3, -0.25) is 0 Å². The Hall–Kier alpha value is -6.35. The zero-order chi connectivity index (χ0) is 33.4. The van der Waals surface area contributed by atoms with Crippen molar-refractivity contribution in [2.24, 2.45) is 0 Å². The molecule has 0 aliphatic heterocycles. The predicted octanol–water partition coefficient (Wildman–Crippen LogP) is 13.7. The summed E-state index contributed by atoms with van der Waals surface area (Å²) in [6, 6.07) is 60.0. The quantitative estimate of drug-likeness (QED) is 0.163. The van der Waals surface area contributed by atoms with Crippen molar-refractivity contribution in [3.63, 3.8) is 0 Å². The molecule has 3 heteroatoms. The first kappa shape index (κ1) is 27.5. The Morgan fingerprint density at radius 3 is 1.33 bits per heavy atom. The van der Waals surface area contributed by atoms with Crippen molar-refractivity contribution in [1.29, 1.82) is 0 Å². The highest BCUT2D eigenvalue weighted by Gasteiger charge is 2.22. The summed E-state index contributed by atoms with van der Waals surface area (Å²) in [6.07, 6.45) is 0. The molecule has 0 saturated carbocycles. The van der Waals surface area contributed by atoms with Crippen molar-refractivity contribution in [3.8, 4) is 11.4 Å². The molecule has 0 aliphatic carbocycles. The van der Waals surface area contributed by atoms with Gasteiger partial charge in [-0.2, -0.15) is 0 Å². The summed E-state index contributed by atoms with van der Waals surface area (Å²) in [5, 5.41) is 17.8. The third-order valence-electron chi connectivity index (χ3n) is 11.3. The Labute approximate surface area is 297 Å². The van der Waals surface area contributed by atoms with Gasteiger partial charge in [0.05, 0.1) is 33.4 Å². The van der Waals surface area contributed by atoms with E-state index in [2.05, 4.69) is 173 Å². The number of benzene rings is 10. The summed E-state index contributed by atoms with van der Waals surface area (Å²) in [6.45, 7) is 0. The summed E-state index contributed by atoms with van der Waals surface area (Å²) >= 11 is 7.15. The van der Waals surface area contributed by atoms with E-state index in [1.54, 1.807) is 0 Å². The Balaban J connectivity index is 1.25. The largest absolute Gasteiger partial charge is 0.308 e. The lowest BCUT2D eigenvalue weighted by molar-refractivity contribution is 1.20. The Morgan fingerprint density at radius 2 is 0.745 bits per heavy atom. The highest BCUT2D eigenvalue weighted by molar-refractivity contribution is 6.40. The van der Waals surface area contributed by atoms with E-state index >= 15 is 0 Å². The number of halogens is 1. The molecule has 0 saturated heterocycles. The first-order chi connectivity index (χ1) is 25.2. The molecule has 0 unspecified atom stereocenters. The second kappa shape index (κ2) is 9.88. The van der Waals surface area contributed by atoms with Crippen LogP contribution in [0.2, 0.25) is 5.02 Å². The molecule has 0 amide bonds. The average Bonchev–Trinajstić information content (AvgIpc) is 3.71. The van der Waals surface area contributed by atoms with Gasteiger partial charge < -0.3 is 9.13 Å². The first-order valence-electron chi connectivity index (χ1n) is 17.5. The topological polar surface area (TPSA) is 9.86 Å². The number of rotatable bonds is 2. The Bertz CT molecular complexity index is 3440. The van der Waals surface area contributed by atoms with Gasteiger partial charge in [0.2, 0.25) is 0 Å². The van der Waals surface area contributed by atoms with E-state index in [0.717, 1.165) is 21.5 Å². The van der Waals surface area contributed by atoms with Crippen LogP contribution in [0.25, 0.3) is 109 Å². The molecule has 0 N–H and O–H groups in total. The second-order valence-corrected chi connectivity index (χ2v) is 14.2. The smallest absolute Gasteiger partial charge is 0.0619 e. The van der Waals surface area contributed by atoms with Crippen LogP contribution < -0.4 is 0 Å². The molecule has 12 aromatic rings. The molecule has 0 bridgehead atoms. The summed E-state index contributed by atoms with van der Waals surface area (Å²) in [5.41, 5.74) is 7.19. The molecular weight excluding hydrogens is 640 g/mol. The van der Waals surface area contributed by atoms with E-state index in [9.17, 15) is 0 Å². The average molecular weight is 667 g/mol. The zero-order valence-electron chi connectivity index (χ0n) is 27.4. The van der Waals surface area contributed by atoms with Gasteiger partial charge in [0.15, 0.2) is 0 Å². The van der Waals surface area contributed by atoms with Gasteiger partial charge in [0, 0.05) is 58.9 Å². The van der Waals surface area contributed by atoms with Crippen molar-refractivity contribution in [2.75, 3.05) is 0 Å². The maximum absolute atomic E-state index is 7.15. The zero-order valence-corrected chi connectivity index (χ0v) is 28.1. The van der Waals surface area contributed by atoms with E-state index in [1.807, 2.05) is 0 Å². The van der Waals surface area contributed by atoms with Crippen LogP contribution in [-0.2, 0) is 0 Å². The van der Waals surface area contributed by atoms with Crippen LogP contribution in [0.1, 0.15) is 0 Å². The number of hydrogen-bond acceptors (Lipinski definition) is 0. The van der Waals surface area contributed by atoms with Gasteiger partial charge in [-0.15, -0.1) is 0 Å². The summed E-state index contributed by atoms with van der Waals surface area (Å²) in [4.78, 5) is 0. The maximum atomic E-state index is 7.15. The molecule has 51 heavy (non-hydrogen) atoms. The van der Waals surface area contributed by atoms with E-state index in [0.29, 0.717) is 0 Å². The lowest BCUT2D eigenvalue weighted by Gasteiger charge is -2.20. The summed E-state index contributed by atoms with van der Waals surface area (Å²) < 4.78 is 4.97. The molecule has 0 atom stereocenters. The molecule has 0 fully saturated rings. The number of para-hydroxylation sites is 2. The molecule has 2 aromatic heterocycles. The molecule has 0 radical (unpaired) electrons. The van der Waals surface area contributed by atoms with Crippen LogP contribution in [0.15, 0.2) is 164 Å². The fourth-order valence-electron chi connectivity index (χ4n) is 9.17. The molecule has 2 nitrogen and oxygen atoms in total. The standard InChI is InChI=1S/C48H27ClN2/c49-40-27-30-19-25-43(50-41-15-7-5-13-33(41)35-20-17-28-9-1-3-11-31(28)47(35)50)38-22-23-39-44(26-24-37(40)46(39)45(30)38)51-42-16-8-6-14-34(42)36-21-18-29-10-2-4-12-32(29)48(36)51/h1-27H. The Morgan fingerprint density at radius 1 is 0.314 bits per heavy atom. The number of nitrogens with zero attached hydrogens (tertiary/aromatic N) is 2.